The summed E-state index contributed by atoms with van der Waals surface area (Å²) in [7, 11) is 0. The molecule has 0 aromatic heterocycles. The van der Waals surface area contributed by atoms with Gasteiger partial charge < -0.3 is 9.47 Å². The van der Waals surface area contributed by atoms with Crippen LogP contribution in [-0.2, 0) is 4.79 Å². The van der Waals surface area contributed by atoms with Crippen molar-refractivity contribution < 1.29 is 14.3 Å². The van der Waals surface area contributed by atoms with Crippen molar-refractivity contribution >= 4 is 12.0 Å². The second kappa shape index (κ2) is 6.57. The van der Waals surface area contributed by atoms with Crippen molar-refractivity contribution in [3.05, 3.63) is 60.2 Å². The van der Waals surface area contributed by atoms with Crippen molar-refractivity contribution in [2.45, 2.75) is 13.8 Å². The summed E-state index contributed by atoms with van der Waals surface area (Å²) in [5, 5.41) is 0. The number of benzene rings is 2. The molecule has 0 saturated carbocycles. The van der Waals surface area contributed by atoms with Crippen LogP contribution in [0.4, 0.5) is 0 Å². The van der Waals surface area contributed by atoms with Crippen LogP contribution in [0, 0.1) is 0 Å². The number of ether oxygens (including phenoxy) is 2. The zero-order valence-electron chi connectivity index (χ0n) is 11.5. The van der Waals surface area contributed by atoms with E-state index in [4.69, 9.17) is 9.47 Å². The average molecular weight is 268 g/mol. The monoisotopic (exact) mass is 268 g/mol. The van der Waals surface area contributed by atoms with E-state index in [9.17, 15) is 4.79 Å². The van der Waals surface area contributed by atoms with E-state index in [0.717, 1.165) is 11.3 Å². The lowest BCUT2D eigenvalue weighted by molar-refractivity contribution is -0.131. The molecule has 3 heteroatoms. The van der Waals surface area contributed by atoms with Gasteiger partial charge in [0.15, 0.2) is 0 Å². The summed E-state index contributed by atoms with van der Waals surface area (Å²) in [5.74, 6) is 1.64. The molecule has 0 saturated heterocycles. The zero-order chi connectivity index (χ0) is 14.4. The predicted octanol–water partition coefficient (Wildman–Crippen LogP) is 4.44. The Morgan fingerprint density at radius 2 is 1.80 bits per heavy atom. The Hall–Kier alpha value is -2.55. The van der Waals surface area contributed by atoms with Crippen LogP contribution >= 0.6 is 0 Å². The van der Waals surface area contributed by atoms with Gasteiger partial charge in [0.1, 0.15) is 17.2 Å². The van der Waals surface area contributed by atoms with E-state index < -0.39 is 0 Å². The Balaban J connectivity index is 2.27. The third-order valence-electron chi connectivity index (χ3n) is 2.56. The van der Waals surface area contributed by atoms with E-state index in [1.165, 1.54) is 6.92 Å². The Labute approximate surface area is 118 Å². The fourth-order valence-corrected chi connectivity index (χ4v) is 1.77. The zero-order valence-corrected chi connectivity index (χ0v) is 11.5. The van der Waals surface area contributed by atoms with Crippen molar-refractivity contribution in [2.75, 3.05) is 0 Å². The van der Waals surface area contributed by atoms with E-state index in [0.29, 0.717) is 11.5 Å². The van der Waals surface area contributed by atoms with Crippen LogP contribution in [0.25, 0.3) is 6.08 Å². The average Bonchev–Trinajstić information content (AvgIpc) is 2.43. The molecule has 0 atom stereocenters. The minimum Gasteiger partial charge on any atom is -0.457 e. The van der Waals surface area contributed by atoms with Crippen LogP contribution in [0.15, 0.2) is 54.6 Å². The first-order valence-corrected chi connectivity index (χ1v) is 6.37. The highest BCUT2D eigenvalue weighted by molar-refractivity contribution is 5.72. The molecular weight excluding hydrogens is 252 g/mol. The van der Waals surface area contributed by atoms with Crippen molar-refractivity contribution in [3.63, 3.8) is 0 Å². The molecule has 0 amide bonds. The van der Waals surface area contributed by atoms with Gasteiger partial charge in [0.05, 0.1) is 0 Å². The van der Waals surface area contributed by atoms with Crippen LogP contribution in [0.1, 0.15) is 19.4 Å². The minimum atomic E-state index is -0.340. The van der Waals surface area contributed by atoms with Crippen molar-refractivity contribution in [1.29, 1.82) is 0 Å². The van der Waals surface area contributed by atoms with Crippen LogP contribution in [0.5, 0.6) is 17.2 Å². The Bertz CT molecular complexity index is 615. The molecule has 0 spiro atoms. The molecule has 102 valence electrons. The molecule has 0 fully saturated rings. The van der Waals surface area contributed by atoms with Crippen molar-refractivity contribution in [1.82, 2.24) is 0 Å². The van der Waals surface area contributed by atoms with Gasteiger partial charge in [0.2, 0.25) is 0 Å². The van der Waals surface area contributed by atoms with Crippen LogP contribution < -0.4 is 9.47 Å². The molecule has 3 nitrogen and oxygen atoms in total. The Morgan fingerprint density at radius 1 is 1.05 bits per heavy atom. The molecular formula is C17H16O3. The summed E-state index contributed by atoms with van der Waals surface area (Å²) in [4.78, 5) is 11.1. The number of hydrogen-bond acceptors (Lipinski definition) is 3. The maximum atomic E-state index is 11.1. The Kier molecular flexibility index (Phi) is 4.56. The number of esters is 1. The van der Waals surface area contributed by atoms with Crippen LogP contribution in [0.2, 0.25) is 0 Å². The maximum Gasteiger partial charge on any atom is 0.308 e. The van der Waals surface area contributed by atoms with E-state index in [-0.39, 0.29) is 5.97 Å². The number of para-hydroxylation sites is 1. The number of allylic oxidation sites excluding steroid dienone is 1. The molecule has 2 aromatic carbocycles. The normalized spacial score (nSPS) is 10.5. The van der Waals surface area contributed by atoms with Gasteiger partial charge in [0, 0.05) is 12.5 Å². The molecule has 2 rings (SSSR count). The third kappa shape index (κ3) is 3.72. The van der Waals surface area contributed by atoms with Crippen LogP contribution in [0.3, 0.4) is 0 Å². The van der Waals surface area contributed by atoms with Crippen molar-refractivity contribution in [2.24, 2.45) is 0 Å². The van der Waals surface area contributed by atoms with Gasteiger partial charge in [-0.3, -0.25) is 4.79 Å². The first kappa shape index (κ1) is 13.9. The number of rotatable bonds is 4. The second-order valence-corrected chi connectivity index (χ2v) is 4.21. The van der Waals surface area contributed by atoms with Gasteiger partial charge in [0.25, 0.3) is 0 Å². The smallest absolute Gasteiger partial charge is 0.308 e. The SMILES string of the molecule is C/C=C/c1cc(Oc2ccccc2)ccc1OC(C)=O. The fraction of sp³-hybridized carbons (Fsp3) is 0.118. The quantitative estimate of drug-likeness (QED) is 0.607. The topological polar surface area (TPSA) is 35.5 Å². The molecule has 0 radical (unpaired) electrons. The summed E-state index contributed by atoms with van der Waals surface area (Å²) in [6.45, 7) is 3.29. The first-order valence-electron chi connectivity index (χ1n) is 6.37. The van der Waals surface area contributed by atoms with Gasteiger partial charge >= 0.3 is 5.97 Å². The lowest BCUT2D eigenvalue weighted by Gasteiger charge is -2.10. The largest absolute Gasteiger partial charge is 0.457 e. The lowest BCUT2D eigenvalue weighted by Crippen LogP contribution is -2.02. The Morgan fingerprint density at radius 3 is 2.45 bits per heavy atom. The number of carbonyl (C=O) groups is 1. The van der Waals surface area contributed by atoms with Gasteiger partial charge in [-0.05, 0) is 37.3 Å². The molecule has 0 aliphatic rings. The summed E-state index contributed by atoms with van der Waals surface area (Å²) in [6, 6.07) is 14.9. The summed E-state index contributed by atoms with van der Waals surface area (Å²) in [5.41, 5.74) is 0.802. The highest BCUT2D eigenvalue weighted by atomic mass is 16.5. The molecule has 0 N–H and O–H groups in total. The summed E-state index contributed by atoms with van der Waals surface area (Å²) in [6.07, 6.45) is 3.75. The number of hydrogen-bond donors (Lipinski definition) is 0. The van der Waals surface area contributed by atoms with Gasteiger partial charge in [-0.25, -0.2) is 0 Å². The predicted molar refractivity (Wildman–Crippen MR) is 79.0 cm³/mol. The van der Waals surface area contributed by atoms with Gasteiger partial charge in [-0.15, -0.1) is 0 Å². The van der Waals surface area contributed by atoms with E-state index >= 15 is 0 Å². The molecule has 0 aliphatic carbocycles. The third-order valence-corrected chi connectivity index (χ3v) is 2.56. The summed E-state index contributed by atoms with van der Waals surface area (Å²) >= 11 is 0. The highest BCUT2D eigenvalue weighted by Crippen LogP contribution is 2.28. The summed E-state index contributed by atoms with van der Waals surface area (Å²) < 4.78 is 10.9. The van der Waals surface area contributed by atoms with E-state index in [1.807, 2.05) is 55.5 Å². The standard InChI is InChI=1S/C17H16O3/c1-3-7-14-12-16(10-11-17(14)19-13(2)18)20-15-8-5-4-6-9-15/h3-12H,1-2H3/b7-3+. The molecule has 0 bridgehead atoms. The van der Waals surface area contributed by atoms with E-state index in [1.54, 1.807) is 12.1 Å². The molecule has 20 heavy (non-hydrogen) atoms. The number of carbonyl (C=O) groups excluding carboxylic acids is 1. The second-order valence-electron chi connectivity index (χ2n) is 4.21. The maximum absolute atomic E-state index is 11.1. The minimum absolute atomic E-state index is 0.340. The van der Waals surface area contributed by atoms with Crippen molar-refractivity contribution in [3.8, 4) is 17.2 Å². The lowest BCUT2D eigenvalue weighted by atomic mass is 10.1. The fourth-order valence-electron chi connectivity index (χ4n) is 1.77. The molecule has 2 aromatic rings. The molecule has 0 aliphatic heterocycles. The molecule has 0 heterocycles. The van der Waals surface area contributed by atoms with Gasteiger partial charge in [-0.1, -0.05) is 30.4 Å². The van der Waals surface area contributed by atoms with E-state index in [2.05, 4.69) is 0 Å². The molecule has 0 unspecified atom stereocenters. The highest BCUT2D eigenvalue weighted by Gasteiger charge is 2.06. The first-order chi connectivity index (χ1) is 9.69. The van der Waals surface area contributed by atoms with Crippen LogP contribution in [-0.4, -0.2) is 5.97 Å². The van der Waals surface area contributed by atoms with Gasteiger partial charge in [-0.2, -0.15) is 0 Å².